The van der Waals surface area contributed by atoms with Gasteiger partial charge in [0.2, 0.25) is 5.91 Å². The van der Waals surface area contributed by atoms with E-state index in [1.165, 1.54) is 14.0 Å². The minimum absolute atomic E-state index is 0.0958. The third-order valence-corrected chi connectivity index (χ3v) is 2.67. The number of carboxylic acids is 1. The molecule has 2 amide bonds. The van der Waals surface area contributed by atoms with Crippen molar-refractivity contribution in [2.75, 3.05) is 13.6 Å². The first-order chi connectivity index (χ1) is 9.90. The summed E-state index contributed by atoms with van der Waals surface area (Å²) >= 11 is 0. The molecule has 0 aromatic heterocycles. The number of carbonyl (C=O) groups is 3. The molecular formula is C14H18N2O5. The lowest BCUT2D eigenvalue weighted by Gasteiger charge is -2.20. The number of benzene rings is 1. The topological polar surface area (TPSA) is 95.9 Å². The van der Waals surface area contributed by atoms with Crippen LogP contribution < -0.4 is 5.32 Å². The van der Waals surface area contributed by atoms with Crippen LogP contribution in [-0.4, -0.2) is 47.6 Å². The number of amides is 2. The Morgan fingerprint density at radius 3 is 2.48 bits per heavy atom. The smallest absolute Gasteiger partial charge is 0.408 e. The second kappa shape index (κ2) is 7.88. The summed E-state index contributed by atoms with van der Waals surface area (Å²) < 4.78 is 4.97. The van der Waals surface area contributed by atoms with Crippen LogP contribution in [0.4, 0.5) is 4.79 Å². The fourth-order valence-electron chi connectivity index (χ4n) is 1.61. The minimum Gasteiger partial charge on any atom is -0.480 e. The molecule has 1 rings (SSSR count). The van der Waals surface area contributed by atoms with Crippen LogP contribution in [-0.2, 0) is 20.9 Å². The van der Waals surface area contributed by atoms with Crippen molar-refractivity contribution in [1.29, 1.82) is 0 Å². The van der Waals surface area contributed by atoms with E-state index in [2.05, 4.69) is 5.32 Å². The molecule has 2 N–H and O–H groups in total. The van der Waals surface area contributed by atoms with Crippen LogP contribution in [0.1, 0.15) is 12.5 Å². The molecule has 1 atom stereocenters. The first-order valence-electron chi connectivity index (χ1n) is 6.34. The van der Waals surface area contributed by atoms with Gasteiger partial charge in [-0.3, -0.25) is 9.59 Å². The van der Waals surface area contributed by atoms with Crippen molar-refractivity contribution in [2.45, 2.75) is 19.6 Å². The molecule has 21 heavy (non-hydrogen) atoms. The number of likely N-dealkylation sites (N-methyl/N-ethyl adjacent to an activating group) is 1. The van der Waals surface area contributed by atoms with Crippen LogP contribution in [0, 0.1) is 0 Å². The maximum absolute atomic E-state index is 11.8. The third-order valence-electron chi connectivity index (χ3n) is 2.67. The van der Waals surface area contributed by atoms with Gasteiger partial charge in [0.1, 0.15) is 19.2 Å². The number of hydrogen-bond acceptors (Lipinski definition) is 4. The van der Waals surface area contributed by atoms with Crippen molar-refractivity contribution in [2.24, 2.45) is 0 Å². The Bertz CT molecular complexity index is 503. The second-order valence-electron chi connectivity index (χ2n) is 4.52. The lowest BCUT2D eigenvalue weighted by atomic mass is 10.2. The van der Waals surface area contributed by atoms with Crippen LogP contribution in [0.25, 0.3) is 0 Å². The van der Waals surface area contributed by atoms with Gasteiger partial charge in [0.05, 0.1) is 0 Å². The molecule has 0 radical (unpaired) electrons. The molecule has 0 aliphatic heterocycles. The number of carboxylic acid groups (broad SMARTS) is 1. The van der Waals surface area contributed by atoms with E-state index >= 15 is 0 Å². The second-order valence-corrected chi connectivity index (χ2v) is 4.52. The van der Waals surface area contributed by atoms with Crippen LogP contribution in [0.5, 0.6) is 0 Å². The summed E-state index contributed by atoms with van der Waals surface area (Å²) in [5.74, 6) is -1.63. The number of nitrogens with zero attached hydrogens (tertiary/aromatic N) is 1. The van der Waals surface area contributed by atoms with Gasteiger partial charge in [-0.25, -0.2) is 4.79 Å². The first-order valence-corrected chi connectivity index (χ1v) is 6.34. The van der Waals surface area contributed by atoms with E-state index in [-0.39, 0.29) is 6.61 Å². The number of rotatable bonds is 6. The van der Waals surface area contributed by atoms with Crippen molar-refractivity contribution in [3.63, 3.8) is 0 Å². The number of ether oxygens (including phenoxy) is 1. The van der Waals surface area contributed by atoms with Crippen LogP contribution >= 0.6 is 0 Å². The zero-order valence-corrected chi connectivity index (χ0v) is 11.9. The summed E-state index contributed by atoms with van der Waals surface area (Å²) in [6.45, 7) is 1.13. The summed E-state index contributed by atoms with van der Waals surface area (Å²) in [4.78, 5) is 34.9. The van der Waals surface area contributed by atoms with E-state index in [1.54, 1.807) is 0 Å². The number of alkyl carbamates (subject to hydrolysis) is 1. The van der Waals surface area contributed by atoms with Gasteiger partial charge in [-0.1, -0.05) is 30.3 Å². The highest BCUT2D eigenvalue weighted by Gasteiger charge is 2.21. The first kappa shape index (κ1) is 16.5. The Hall–Kier alpha value is -2.57. The Kier molecular flexibility index (Phi) is 6.19. The van der Waals surface area contributed by atoms with Crippen molar-refractivity contribution < 1.29 is 24.2 Å². The van der Waals surface area contributed by atoms with E-state index in [9.17, 15) is 14.4 Å². The SMILES string of the molecule is CC(NC(=O)OCc1ccccc1)C(=O)N(C)CC(=O)O. The highest BCUT2D eigenvalue weighted by Crippen LogP contribution is 2.01. The highest BCUT2D eigenvalue weighted by molar-refractivity contribution is 5.87. The number of hydrogen-bond donors (Lipinski definition) is 2. The van der Waals surface area contributed by atoms with Gasteiger partial charge < -0.3 is 20.1 Å². The number of nitrogens with one attached hydrogen (secondary N) is 1. The molecule has 1 aromatic carbocycles. The lowest BCUT2D eigenvalue weighted by Crippen LogP contribution is -2.46. The fraction of sp³-hybridized carbons (Fsp3) is 0.357. The summed E-state index contributed by atoms with van der Waals surface area (Å²) in [6.07, 6.45) is -0.733. The Morgan fingerprint density at radius 1 is 1.29 bits per heavy atom. The standard InChI is InChI=1S/C14H18N2O5/c1-10(13(19)16(2)8-12(17)18)15-14(20)21-9-11-6-4-3-5-7-11/h3-7,10H,8-9H2,1-2H3,(H,15,20)(H,17,18). The Labute approximate surface area is 122 Å². The fourth-order valence-corrected chi connectivity index (χ4v) is 1.61. The van der Waals surface area contributed by atoms with E-state index in [0.717, 1.165) is 10.5 Å². The van der Waals surface area contributed by atoms with Gasteiger partial charge >= 0.3 is 12.1 Å². The van der Waals surface area contributed by atoms with E-state index in [0.29, 0.717) is 0 Å². The molecule has 114 valence electrons. The largest absolute Gasteiger partial charge is 0.480 e. The summed E-state index contributed by atoms with van der Waals surface area (Å²) in [5.41, 5.74) is 0.828. The zero-order valence-electron chi connectivity index (χ0n) is 11.9. The molecule has 0 aliphatic carbocycles. The minimum atomic E-state index is -1.12. The Morgan fingerprint density at radius 2 is 1.90 bits per heavy atom. The molecule has 0 fully saturated rings. The summed E-state index contributed by atoms with van der Waals surface area (Å²) in [5, 5.41) is 11.0. The molecule has 0 bridgehead atoms. The van der Waals surface area contributed by atoms with Crippen molar-refractivity contribution in [3.8, 4) is 0 Å². The molecule has 0 heterocycles. The number of carbonyl (C=O) groups excluding carboxylic acids is 2. The van der Waals surface area contributed by atoms with Gasteiger partial charge in [0.25, 0.3) is 0 Å². The predicted molar refractivity (Wildman–Crippen MR) is 74.5 cm³/mol. The van der Waals surface area contributed by atoms with E-state index in [4.69, 9.17) is 9.84 Å². The molecule has 7 nitrogen and oxygen atoms in total. The summed E-state index contributed by atoms with van der Waals surface area (Å²) in [6, 6.07) is 8.25. The average molecular weight is 294 g/mol. The molecule has 0 saturated carbocycles. The third kappa shape index (κ3) is 5.94. The monoisotopic (exact) mass is 294 g/mol. The maximum Gasteiger partial charge on any atom is 0.408 e. The summed E-state index contributed by atoms with van der Waals surface area (Å²) in [7, 11) is 1.35. The van der Waals surface area contributed by atoms with Crippen LogP contribution in [0.2, 0.25) is 0 Å². The molecular weight excluding hydrogens is 276 g/mol. The molecule has 1 aromatic rings. The quantitative estimate of drug-likeness (QED) is 0.810. The van der Waals surface area contributed by atoms with Gasteiger partial charge in [-0.05, 0) is 12.5 Å². The molecule has 0 spiro atoms. The average Bonchev–Trinajstić information content (AvgIpc) is 2.44. The van der Waals surface area contributed by atoms with Crippen LogP contribution in [0.15, 0.2) is 30.3 Å². The molecule has 0 aliphatic rings. The van der Waals surface area contributed by atoms with E-state index in [1.807, 2.05) is 30.3 Å². The van der Waals surface area contributed by atoms with Crippen molar-refractivity contribution in [3.05, 3.63) is 35.9 Å². The van der Waals surface area contributed by atoms with Crippen LogP contribution in [0.3, 0.4) is 0 Å². The highest BCUT2D eigenvalue weighted by atomic mass is 16.5. The van der Waals surface area contributed by atoms with Gasteiger partial charge in [0.15, 0.2) is 0 Å². The normalized spacial score (nSPS) is 11.3. The number of aliphatic carboxylic acids is 1. The Balaban J connectivity index is 2.39. The van der Waals surface area contributed by atoms with Crippen molar-refractivity contribution >= 4 is 18.0 Å². The molecule has 1 unspecified atom stereocenters. The zero-order chi connectivity index (χ0) is 15.8. The predicted octanol–water partition coefficient (Wildman–Crippen LogP) is 0.844. The van der Waals surface area contributed by atoms with Gasteiger partial charge in [-0.2, -0.15) is 0 Å². The van der Waals surface area contributed by atoms with Crippen molar-refractivity contribution in [1.82, 2.24) is 10.2 Å². The van der Waals surface area contributed by atoms with E-state index < -0.39 is 30.6 Å². The van der Waals surface area contributed by atoms with Gasteiger partial charge in [0, 0.05) is 7.05 Å². The molecule has 7 heteroatoms. The maximum atomic E-state index is 11.8. The van der Waals surface area contributed by atoms with Gasteiger partial charge in [-0.15, -0.1) is 0 Å². The lowest BCUT2D eigenvalue weighted by molar-refractivity contribution is -0.144. The molecule has 0 saturated heterocycles.